The van der Waals surface area contributed by atoms with E-state index in [-0.39, 0.29) is 30.0 Å². The van der Waals surface area contributed by atoms with Crippen molar-refractivity contribution in [1.29, 1.82) is 0 Å². The Hall–Kier alpha value is -2.85. The van der Waals surface area contributed by atoms with E-state index in [2.05, 4.69) is 53.0 Å². The Labute approximate surface area is 242 Å². The van der Waals surface area contributed by atoms with Crippen molar-refractivity contribution < 1.29 is 17.9 Å². The lowest BCUT2D eigenvalue weighted by atomic mass is 9.59. The number of likely N-dealkylation sites (tertiary alicyclic amines) is 1. The average Bonchev–Trinajstić information content (AvgIpc) is 3.38. The van der Waals surface area contributed by atoms with Crippen LogP contribution in [0.4, 0.5) is 0 Å². The van der Waals surface area contributed by atoms with E-state index >= 15 is 0 Å². The van der Waals surface area contributed by atoms with Crippen LogP contribution in [0.3, 0.4) is 0 Å². The van der Waals surface area contributed by atoms with Gasteiger partial charge in [0.2, 0.25) is 10.0 Å². The van der Waals surface area contributed by atoms with Gasteiger partial charge in [-0.25, -0.2) is 18.4 Å². The van der Waals surface area contributed by atoms with Crippen LogP contribution in [0.1, 0.15) is 37.8 Å². The number of morpholine rings is 1. The van der Waals surface area contributed by atoms with Crippen molar-refractivity contribution in [2.45, 2.75) is 68.4 Å². The number of aromatic nitrogens is 2. The molecule has 3 saturated heterocycles. The summed E-state index contributed by atoms with van der Waals surface area (Å²) in [6.07, 6.45) is 4.59. The van der Waals surface area contributed by atoms with Crippen molar-refractivity contribution in [3.8, 4) is 6.01 Å². The number of fused-ring (bicyclic) bond motifs is 2. The average molecular weight is 575 g/mol. The molecule has 41 heavy (non-hydrogen) atoms. The summed E-state index contributed by atoms with van der Waals surface area (Å²) in [5.41, 5.74) is 1.08. The molecule has 8 nitrogen and oxygen atoms in total. The summed E-state index contributed by atoms with van der Waals surface area (Å²) in [5, 5.41) is 0. The number of sulfonamides is 1. The van der Waals surface area contributed by atoms with Crippen molar-refractivity contribution in [3.63, 3.8) is 0 Å². The first-order chi connectivity index (χ1) is 19.7. The fourth-order valence-corrected chi connectivity index (χ4v) is 10.5. The molecule has 1 aromatic heterocycles. The van der Waals surface area contributed by atoms with Gasteiger partial charge < -0.3 is 9.47 Å². The highest BCUT2D eigenvalue weighted by Gasteiger charge is 2.76. The van der Waals surface area contributed by atoms with Gasteiger partial charge in [0, 0.05) is 55.9 Å². The number of rotatable bonds is 7. The normalized spacial score (nSPS) is 33.2. The predicted molar refractivity (Wildman–Crippen MR) is 155 cm³/mol. The first kappa shape index (κ1) is 27.0. The van der Waals surface area contributed by atoms with E-state index in [1.165, 1.54) is 5.56 Å². The van der Waals surface area contributed by atoms with Crippen molar-refractivity contribution in [2.75, 3.05) is 19.6 Å². The van der Waals surface area contributed by atoms with Crippen molar-refractivity contribution >= 4 is 10.0 Å². The van der Waals surface area contributed by atoms with Crippen LogP contribution in [0.25, 0.3) is 0 Å². The van der Waals surface area contributed by atoms with E-state index in [0.717, 1.165) is 18.7 Å². The highest BCUT2D eigenvalue weighted by molar-refractivity contribution is 7.89. The Morgan fingerprint density at radius 3 is 2.46 bits per heavy atom. The van der Waals surface area contributed by atoms with Gasteiger partial charge in [0.05, 0.1) is 11.0 Å². The zero-order chi connectivity index (χ0) is 28.4. The Morgan fingerprint density at radius 1 is 1.02 bits per heavy atom. The number of hydrogen-bond acceptors (Lipinski definition) is 7. The number of nitrogens with zero attached hydrogens (tertiary/aromatic N) is 4. The molecule has 1 aliphatic carbocycles. The van der Waals surface area contributed by atoms with E-state index in [1.54, 1.807) is 30.6 Å². The molecular weight excluding hydrogens is 536 g/mol. The number of benzene rings is 2. The lowest BCUT2D eigenvalue weighted by Gasteiger charge is -2.51. The summed E-state index contributed by atoms with van der Waals surface area (Å²) >= 11 is 0. The SMILES string of the molecule is Cc1ccc(S(=O)(=O)N2C[C@@]34CN(Cc5ccccc5)C[C@@H](O3)[C@H]3[C@@H](Oc5ncccn5)CC[C@]2(C(C)C)[C@H]34)cc1. The smallest absolute Gasteiger partial charge is 0.316 e. The molecule has 4 fully saturated rings. The molecule has 1 spiro atoms. The zero-order valence-electron chi connectivity index (χ0n) is 23.9. The molecule has 4 heterocycles. The van der Waals surface area contributed by atoms with Gasteiger partial charge in [-0.1, -0.05) is 61.9 Å². The van der Waals surface area contributed by atoms with Crippen LogP contribution in [0.2, 0.25) is 0 Å². The van der Waals surface area contributed by atoms with E-state index in [4.69, 9.17) is 9.47 Å². The molecule has 1 saturated carbocycles. The van der Waals surface area contributed by atoms with E-state index in [0.29, 0.717) is 36.8 Å². The van der Waals surface area contributed by atoms with E-state index < -0.39 is 21.2 Å². The van der Waals surface area contributed by atoms with Crippen LogP contribution in [-0.2, 0) is 21.3 Å². The Morgan fingerprint density at radius 2 is 1.76 bits per heavy atom. The summed E-state index contributed by atoms with van der Waals surface area (Å²) in [6.45, 7) is 8.95. The van der Waals surface area contributed by atoms with Gasteiger partial charge in [-0.3, -0.25) is 4.90 Å². The van der Waals surface area contributed by atoms with Crippen LogP contribution in [0, 0.1) is 24.7 Å². The fraction of sp³-hybridized carbons (Fsp3) is 0.500. The minimum Gasteiger partial charge on any atom is -0.460 e. The maximum absolute atomic E-state index is 14.5. The zero-order valence-corrected chi connectivity index (χ0v) is 24.7. The third kappa shape index (κ3) is 4.23. The third-order valence-corrected chi connectivity index (χ3v) is 11.9. The summed E-state index contributed by atoms with van der Waals surface area (Å²) in [4.78, 5) is 11.5. The Balaban J connectivity index is 1.32. The molecule has 216 valence electrons. The first-order valence-electron chi connectivity index (χ1n) is 14.7. The van der Waals surface area contributed by atoms with Crippen molar-refractivity contribution in [3.05, 3.63) is 84.2 Å². The molecule has 7 rings (SSSR count). The van der Waals surface area contributed by atoms with Crippen LogP contribution in [0.5, 0.6) is 6.01 Å². The highest BCUT2D eigenvalue weighted by atomic mass is 32.2. The quantitative estimate of drug-likeness (QED) is 0.416. The van der Waals surface area contributed by atoms with Crippen molar-refractivity contribution in [1.82, 2.24) is 19.2 Å². The molecule has 9 heteroatoms. The second-order valence-corrected chi connectivity index (χ2v) is 14.5. The van der Waals surface area contributed by atoms with E-state index in [9.17, 15) is 8.42 Å². The second-order valence-electron chi connectivity index (χ2n) is 12.6. The van der Waals surface area contributed by atoms with Crippen LogP contribution < -0.4 is 4.74 Å². The molecule has 0 radical (unpaired) electrons. The molecule has 4 aliphatic rings. The Kier molecular flexibility index (Phi) is 6.50. The summed E-state index contributed by atoms with van der Waals surface area (Å²) in [7, 11) is -3.78. The topological polar surface area (TPSA) is 84.9 Å². The van der Waals surface area contributed by atoms with Crippen LogP contribution in [0.15, 0.2) is 78.0 Å². The number of aryl methyl sites for hydroxylation is 1. The Bertz CT molecular complexity index is 1500. The molecule has 0 N–H and O–H groups in total. The minimum atomic E-state index is -3.78. The summed E-state index contributed by atoms with van der Waals surface area (Å²) in [6, 6.07) is 19.9. The lowest BCUT2D eigenvalue weighted by Crippen LogP contribution is -2.61. The van der Waals surface area contributed by atoms with Gasteiger partial charge in [-0.15, -0.1) is 0 Å². The summed E-state index contributed by atoms with van der Waals surface area (Å²) < 4.78 is 44.4. The minimum absolute atomic E-state index is 0.0107. The van der Waals surface area contributed by atoms with Gasteiger partial charge in [0.25, 0.3) is 0 Å². The molecule has 2 bridgehead atoms. The number of ether oxygens (including phenoxy) is 2. The lowest BCUT2D eigenvalue weighted by molar-refractivity contribution is -0.118. The highest BCUT2D eigenvalue weighted by Crippen LogP contribution is 2.64. The summed E-state index contributed by atoms with van der Waals surface area (Å²) in [5.74, 6) is 0.103. The molecule has 6 atom stereocenters. The first-order valence-corrected chi connectivity index (χ1v) is 16.1. The van der Waals surface area contributed by atoms with Gasteiger partial charge in [0.1, 0.15) is 11.7 Å². The standard InChI is InChI=1S/C32H38N4O4S/c1-22(2)32-15-14-26(39-30-33-16-7-17-34-30)28-27-19-35(18-24-8-5-4-6-9-24)20-31(40-27,29(28)32)21-36(32)41(37,38)25-12-10-23(3)11-13-25/h4-13,16-17,22,26-29H,14-15,18-21H2,1-3H3/t26-,27+,28+,29+,31+,32-/m0/s1. The molecular formula is C32H38N4O4S. The number of hydrogen-bond donors (Lipinski definition) is 0. The fourth-order valence-electron chi connectivity index (χ4n) is 8.49. The molecule has 2 aromatic carbocycles. The largest absolute Gasteiger partial charge is 0.460 e. The van der Waals surface area contributed by atoms with Gasteiger partial charge in [-0.05, 0) is 49.4 Å². The van der Waals surface area contributed by atoms with E-state index in [1.807, 2.05) is 29.4 Å². The molecule has 3 aliphatic heterocycles. The second kappa shape index (κ2) is 9.87. The third-order valence-electron chi connectivity index (χ3n) is 10.0. The molecule has 0 amide bonds. The van der Waals surface area contributed by atoms with Crippen LogP contribution in [-0.4, -0.2) is 70.6 Å². The monoisotopic (exact) mass is 574 g/mol. The molecule has 3 aromatic rings. The van der Waals surface area contributed by atoms with Gasteiger partial charge >= 0.3 is 6.01 Å². The maximum Gasteiger partial charge on any atom is 0.316 e. The predicted octanol–water partition coefficient (Wildman–Crippen LogP) is 4.31. The van der Waals surface area contributed by atoms with Crippen LogP contribution >= 0.6 is 0 Å². The van der Waals surface area contributed by atoms with Gasteiger partial charge in [-0.2, -0.15) is 4.31 Å². The van der Waals surface area contributed by atoms with Gasteiger partial charge in [0.15, 0.2) is 0 Å². The van der Waals surface area contributed by atoms with Crippen molar-refractivity contribution in [2.24, 2.45) is 17.8 Å². The molecule has 0 unspecified atom stereocenters. The maximum atomic E-state index is 14.5.